The molecule has 0 bridgehead atoms. The summed E-state index contributed by atoms with van der Waals surface area (Å²) in [5, 5.41) is 9.73. The van der Waals surface area contributed by atoms with Crippen molar-refractivity contribution in [2.75, 3.05) is 6.54 Å². The largest absolute Gasteiger partial charge is 0.360 e. The number of nitrogens with two attached hydrogens (primary N) is 1. The number of primary sulfonamides is 1. The Hall–Kier alpha value is -2.97. The van der Waals surface area contributed by atoms with Gasteiger partial charge in [0.2, 0.25) is 10.0 Å². The zero-order valence-corrected chi connectivity index (χ0v) is 18.7. The number of nitrogens with one attached hydrogen (secondary N) is 2. The number of hydrogen-bond acceptors (Lipinski definition) is 4. The van der Waals surface area contributed by atoms with Gasteiger partial charge in [0.25, 0.3) is 0 Å². The predicted molar refractivity (Wildman–Crippen MR) is 126 cm³/mol. The minimum absolute atomic E-state index is 0.0720. The van der Waals surface area contributed by atoms with E-state index in [9.17, 15) is 13.2 Å². The van der Waals surface area contributed by atoms with E-state index in [1.165, 1.54) is 12.1 Å². The summed E-state index contributed by atoms with van der Waals surface area (Å²) in [6.07, 6.45) is 2.30. The zero-order valence-electron chi connectivity index (χ0n) is 17.1. The van der Waals surface area contributed by atoms with Crippen LogP contribution in [0.5, 0.6) is 0 Å². The number of rotatable bonds is 8. The van der Waals surface area contributed by atoms with Crippen LogP contribution in [0.15, 0.2) is 83.9 Å². The molecule has 1 aromatic heterocycles. The second-order valence-electron chi connectivity index (χ2n) is 7.47. The van der Waals surface area contributed by atoms with E-state index in [2.05, 4.69) is 10.3 Å². The van der Waals surface area contributed by atoms with Gasteiger partial charge in [0, 0.05) is 29.2 Å². The van der Waals surface area contributed by atoms with Gasteiger partial charge in [-0.3, -0.25) is 4.79 Å². The minimum atomic E-state index is -3.72. The van der Waals surface area contributed by atoms with Gasteiger partial charge >= 0.3 is 0 Å². The fourth-order valence-electron chi connectivity index (χ4n) is 3.70. The van der Waals surface area contributed by atoms with E-state index in [1.807, 2.05) is 42.5 Å². The molecule has 0 fully saturated rings. The lowest BCUT2D eigenvalue weighted by Crippen LogP contribution is -2.30. The first-order chi connectivity index (χ1) is 15.3. The number of benzene rings is 3. The highest BCUT2D eigenvalue weighted by Gasteiger charge is 2.24. The van der Waals surface area contributed by atoms with Crippen LogP contribution in [0, 0.1) is 0 Å². The first kappa shape index (κ1) is 22.2. The molecule has 4 aromatic rings. The van der Waals surface area contributed by atoms with Crippen molar-refractivity contribution >= 4 is 38.3 Å². The SMILES string of the molecule is NS(=O)(=O)c1ccc(CCN[C@H](C(=O)c2c[nH]c3cccc(Cl)c23)c2ccccc2)cc1. The smallest absolute Gasteiger partial charge is 0.238 e. The highest BCUT2D eigenvalue weighted by Crippen LogP contribution is 2.30. The molecule has 164 valence electrons. The van der Waals surface area contributed by atoms with Crippen LogP contribution in [0.2, 0.25) is 5.02 Å². The molecule has 0 aliphatic heterocycles. The van der Waals surface area contributed by atoms with Crippen LogP contribution in [0.25, 0.3) is 10.9 Å². The van der Waals surface area contributed by atoms with Crippen LogP contribution >= 0.6 is 11.6 Å². The average molecular weight is 468 g/mol. The number of aromatic amines is 1. The second-order valence-corrected chi connectivity index (χ2v) is 9.43. The third kappa shape index (κ3) is 4.76. The summed E-state index contributed by atoms with van der Waals surface area (Å²) >= 11 is 6.38. The topological polar surface area (TPSA) is 105 Å². The summed E-state index contributed by atoms with van der Waals surface area (Å²) < 4.78 is 22.8. The molecule has 0 aliphatic rings. The Morgan fingerprint density at radius 3 is 2.41 bits per heavy atom. The van der Waals surface area contributed by atoms with E-state index in [0.29, 0.717) is 28.9 Å². The van der Waals surface area contributed by atoms with Gasteiger partial charge in [0.05, 0.1) is 16.0 Å². The molecular weight excluding hydrogens is 446 g/mol. The highest BCUT2D eigenvalue weighted by molar-refractivity contribution is 7.89. The number of Topliss-reactive ketones (excluding diaryl/α,β-unsaturated/α-hetero) is 1. The molecule has 4 N–H and O–H groups in total. The Labute approximate surface area is 191 Å². The molecule has 0 amide bonds. The molecule has 0 saturated heterocycles. The Bertz CT molecular complexity index is 1350. The van der Waals surface area contributed by atoms with Gasteiger partial charge in [-0.25, -0.2) is 13.6 Å². The van der Waals surface area contributed by atoms with Crippen LogP contribution in [-0.2, 0) is 16.4 Å². The Balaban J connectivity index is 1.56. The van der Waals surface area contributed by atoms with E-state index >= 15 is 0 Å². The summed E-state index contributed by atoms with van der Waals surface area (Å²) in [5.41, 5.74) is 3.12. The number of H-pyrrole nitrogens is 1. The average Bonchev–Trinajstić information content (AvgIpc) is 3.22. The van der Waals surface area contributed by atoms with E-state index in [-0.39, 0.29) is 10.7 Å². The van der Waals surface area contributed by atoms with Gasteiger partial charge in [-0.2, -0.15) is 0 Å². The van der Waals surface area contributed by atoms with Crippen LogP contribution in [-0.4, -0.2) is 25.7 Å². The maximum atomic E-state index is 13.5. The summed E-state index contributed by atoms with van der Waals surface area (Å²) in [4.78, 5) is 16.7. The Morgan fingerprint density at radius 2 is 1.72 bits per heavy atom. The molecule has 0 aliphatic carbocycles. The molecule has 0 saturated carbocycles. The van der Waals surface area contributed by atoms with Crippen LogP contribution in [0.1, 0.15) is 27.5 Å². The van der Waals surface area contributed by atoms with Crippen molar-refractivity contribution in [1.29, 1.82) is 0 Å². The zero-order chi connectivity index (χ0) is 22.7. The summed E-state index contributed by atoms with van der Waals surface area (Å²) in [6, 6.07) is 20.9. The van der Waals surface area contributed by atoms with E-state index in [0.717, 1.165) is 16.6 Å². The molecular formula is C24H22ClN3O3S. The van der Waals surface area contributed by atoms with Gasteiger partial charge in [-0.15, -0.1) is 0 Å². The van der Waals surface area contributed by atoms with Crippen molar-refractivity contribution < 1.29 is 13.2 Å². The van der Waals surface area contributed by atoms with Crippen LogP contribution in [0.4, 0.5) is 0 Å². The van der Waals surface area contributed by atoms with Crippen molar-refractivity contribution in [1.82, 2.24) is 10.3 Å². The molecule has 1 heterocycles. The number of aromatic nitrogens is 1. The van der Waals surface area contributed by atoms with Gasteiger partial charge in [0.15, 0.2) is 5.78 Å². The van der Waals surface area contributed by atoms with Crippen molar-refractivity contribution in [3.63, 3.8) is 0 Å². The van der Waals surface area contributed by atoms with Crippen LogP contribution in [0.3, 0.4) is 0 Å². The normalized spacial score (nSPS) is 12.7. The first-order valence-corrected chi connectivity index (χ1v) is 12.0. The maximum absolute atomic E-state index is 13.5. The predicted octanol–water partition coefficient (Wildman–Crippen LogP) is 4.23. The van der Waals surface area contributed by atoms with Crippen molar-refractivity contribution in [2.45, 2.75) is 17.4 Å². The highest BCUT2D eigenvalue weighted by atomic mass is 35.5. The van der Waals surface area contributed by atoms with Gasteiger partial charge in [-0.05, 0) is 41.8 Å². The van der Waals surface area contributed by atoms with E-state index in [1.54, 1.807) is 24.4 Å². The number of fused-ring (bicyclic) bond motifs is 1. The maximum Gasteiger partial charge on any atom is 0.238 e. The molecule has 1 atom stereocenters. The molecule has 0 unspecified atom stereocenters. The lowest BCUT2D eigenvalue weighted by atomic mass is 9.96. The third-order valence-electron chi connectivity index (χ3n) is 5.33. The van der Waals surface area contributed by atoms with Crippen molar-refractivity contribution in [3.8, 4) is 0 Å². The number of halogens is 1. The number of ketones is 1. The summed E-state index contributed by atoms with van der Waals surface area (Å²) in [6.45, 7) is 0.510. The van der Waals surface area contributed by atoms with Gasteiger partial charge in [-0.1, -0.05) is 60.1 Å². The number of sulfonamides is 1. The molecule has 4 rings (SSSR count). The second kappa shape index (κ2) is 9.26. The van der Waals surface area contributed by atoms with Crippen LogP contribution < -0.4 is 10.5 Å². The monoisotopic (exact) mass is 467 g/mol. The van der Waals surface area contributed by atoms with E-state index in [4.69, 9.17) is 16.7 Å². The summed E-state index contributed by atoms with van der Waals surface area (Å²) in [7, 11) is -3.72. The quantitative estimate of drug-likeness (QED) is 0.337. The molecule has 3 aromatic carbocycles. The molecule has 6 nitrogen and oxygen atoms in total. The van der Waals surface area contributed by atoms with Crippen molar-refractivity contribution in [3.05, 3.63) is 101 Å². The number of carbonyl (C=O) groups excluding carboxylic acids is 1. The Morgan fingerprint density at radius 1 is 1.00 bits per heavy atom. The Kier molecular flexibility index (Phi) is 6.43. The fraction of sp³-hybridized carbons (Fsp3) is 0.125. The molecule has 32 heavy (non-hydrogen) atoms. The molecule has 8 heteroatoms. The minimum Gasteiger partial charge on any atom is -0.360 e. The van der Waals surface area contributed by atoms with Gasteiger partial charge in [0.1, 0.15) is 0 Å². The number of carbonyl (C=O) groups is 1. The first-order valence-electron chi connectivity index (χ1n) is 10.0. The van der Waals surface area contributed by atoms with Crippen molar-refractivity contribution in [2.24, 2.45) is 5.14 Å². The van der Waals surface area contributed by atoms with E-state index < -0.39 is 16.1 Å². The standard InChI is InChI=1S/C24H22ClN3O3S/c25-20-7-4-8-21-22(20)19(15-28-21)24(29)23(17-5-2-1-3-6-17)27-14-13-16-9-11-18(12-10-16)32(26,30)31/h1-12,15,23,27-28H,13-14H2,(H2,26,30,31)/t23-/m0/s1. The van der Waals surface area contributed by atoms with Gasteiger partial charge < -0.3 is 10.3 Å². The fourth-order valence-corrected chi connectivity index (χ4v) is 4.50. The summed E-state index contributed by atoms with van der Waals surface area (Å²) in [5.74, 6) is -0.0832. The lowest BCUT2D eigenvalue weighted by molar-refractivity contribution is 0.0945. The third-order valence-corrected chi connectivity index (χ3v) is 6.57. The molecule has 0 radical (unpaired) electrons. The molecule has 0 spiro atoms. The lowest BCUT2D eigenvalue weighted by Gasteiger charge is -2.18. The number of hydrogen-bond donors (Lipinski definition) is 3.